The molecule has 2 aromatic rings. The summed E-state index contributed by atoms with van der Waals surface area (Å²) in [6, 6.07) is 9.75. The first kappa shape index (κ1) is 17.7. The van der Waals surface area contributed by atoms with E-state index < -0.39 is 5.54 Å². The van der Waals surface area contributed by atoms with E-state index in [-0.39, 0.29) is 18.5 Å². The SMILES string of the molecule is Cc1nc(CN2C(=O)N(CCc3ccccc3)C3(CCNCC3)C2=O)no1. The summed E-state index contributed by atoms with van der Waals surface area (Å²) in [4.78, 5) is 33.6. The number of benzene rings is 1. The van der Waals surface area contributed by atoms with Crippen LogP contribution in [0.5, 0.6) is 0 Å². The zero-order valence-electron chi connectivity index (χ0n) is 15.4. The number of urea groups is 1. The van der Waals surface area contributed by atoms with Gasteiger partial charge in [0.2, 0.25) is 5.89 Å². The van der Waals surface area contributed by atoms with Crippen molar-refractivity contribution >= 4 is 11.9 Å². The van der Waals surface area contributed by atoms with E-state index >= 15 is 0 Å². The normalized spacial score (nSPS) is 19.3. The zero-order valence-corrected chi connectivity index (χ0v) is 15.4. The van der Waals surface area contributed by atoms with Gasteiger partial charge in [0.1, 0.15) is 5.54 Å². The smallest absolute Gasteiger partial charge is 0.328 e. The van der Waals surface area contributed by atoms with Crippen LogP contribution in [0.3, 0.4) is 0 Å². The lowest BCUT2D eigenvalue weighted by Gasteiger charge is -2.38. The molecule has 2 aliphatic heterocycles. The number of rotatable bonds is 5. The van der Waals surface area contributed by atoms with Gasteiger partial charge in [-0.1, -0.05) is 35.5 Å². The van der Waals surface area contributed by atoms with E-state index in [4.69, 9.17) is 4.52 Å². The van der Waals surface area contributed by atoms with Crippen LogP contribution in [0.25, 0.3) is 0 Å². The molecule has 27 heavy (non-hydrogen) atoms. The Kier molecular flexibility index (Phi) is 4.65. The van der Waals surface area contributed by atoms with Gasteiger partial charge in [-0.25, -0.2) is 4.79 Å². The number of hydrogen-bond acceptors (Lipinski definition) is 6. The van der Waals surface area contributed by atoms with E-state index in [1.807, 2.05) is 30.3 Å². The van der Waals surface area contributed by atoms with Gasteiger partial charge in [-0.15, -0.1) is 0 Å². The molecule has 142 valence electrons. The number of carbonyl (C=O) groups is 2. The Morgan fingerprint density at radius 2 is 1.93 bits per heavy atom. The van der Waals surface area contributed by atoms with Crippen molar-refractivity contribution in [2.75, 3.05) is 19.6 Å². The van der Waals surface area contributed by atoms with Gasteiger partial charge in [0.15, 0.2) is 5.82 Å². The summed E-state index contributed by atoms with van der Waals surface area (Å²) in [5.41, 5.74) is 0.379. The van der Waals surface area contributed by atoms with Gasteiger partial charge in [-0.3, -0.25) is 9.69 Å². The summed E-state index contributed by atoms with van der Waals surface area (Å²) in [5.74, 6) is 0.620. The van der Waals surface area contributed by atoms with Crippen LogP contribution < -0.4 is 5.32 Å². The van der Waals surface area contributed by atoms with Crippen molar-refractivity contribution in [3.63, 3.8) is 0 Å². The molecule has 0 unspecified atom stereocenters. The molecule has 8 heteroatoms. The fraction of sp³-hybridized carbons (Fsp3) is 0.474. The van der Waals surface area contributed by atoms with Crippen molar-refractivity contribution in [3.8, 4) is 0 Å². The van der Waals surface area contributed by atoms with Crippen molar-refractivity contribution in [1.82, 2.24) is 25.3 Å². The lowest BCUT2D eigenvalue weighted by molar-refractivity contribution is -0.135. The predicted octanol–water partition coefficient (Wildman–Crippen LogP) is 1.51. The van der Waals surface area contributed by atoms with Gasteiger partial charge < -0.3 is 14.7 Å². The molecule has 0 bridgehead atoms. The zero-order chi connectivity index (χ0) is 18.9. The molecule has 2 fully saturated rings. The number of imide groups is 1. The Morgan fingerprint density at radius 3 is 2.59 bits per heavy atom. The molecule has 4 rings (SSSR count). The largest absolute Gasteiger partial charge is 0.340 e. The number of aromatic nitrogens is 2. The highest BCUT2D eigenvalue weighted by Gasteiger charge is 2.57. The highest BCUT2D eigenvalue weighted by molar-refractivity contribution is 6.07. The molecular formula is C19H23N5O3. The van der Waals surface area contributed by atoms with Crippen LogP contribution in [0, 0.1) is 6.92 Å². The van der Waals surface area contributed by atoms with E-state index in [1.54, 1.807) is 11.8 Å². The molecule has 3 amide bonds. The molecule has 1 aromatic carbocycles. The molecule has 0 saturated carbocycles. The Morgan fingerprint density at radius 1 is 1.19 bits per heavy atom. The monoisotopic (exact) mass is 369 g/mol. The lowest BCUT2D eigenvalue weighted by Crippen LogP contribution is -2.56. The molecule has 2 saturated heterocycles. The van der Waals surface area contributed by atoms with Gasteiger partial charge >= 0.3 is 6.03 Å². The first-order valence-corrected chi connectivity index (χ1v) is 9.27. The van der Waals surface area contributed by atoms with E-state index in [9.17, 15) is 9.59 Å². The van der Waals surface area contributed by atoms with Gasteiger partial charge in [0.25, 0.3) is 5.91 Å². The van der Waals surface area contributed by atoms with E-state index in [2.05, 4.69) is 15.5 Å². The summed E-state index contributed by atoms with van der Waals surface area (Å²) in [6.45, 7) is 3.68. The van der Waals surface area contributed by atoms with E-state index in [0.717, 1.165) is 18.7 Å². The molecule has 1 N–H and O–H groups in total. The molecule has 1 aromatic heterocycles. The molecular weight excluding hydrogens is 346 g/mol. The van der Waals surface area contributed by atoms with Gasteiger partial charge in [-0.05, 0) is 37.9 Å². The Bertz CT molecular complexity index is 829. The minimum atomic E-state index is -0.768. The second-order valence-corrected chi connectivity index (χ2v) is 7.07. The second-order valence-electron chi connectivity index (χ2n) is 7.07. The first-order chi connectivity index (χ1) is 13.1. The van der Waals surface area contributed by atoms with Crippen LogP contribution in [0.15, 0.2) is 34.9 Å². The maximum absolute atomic E-state index is 13.3. The number of amides is 3. The van der Waals surface area contributed by atoms with Crippen molar-refractivity contribution < 1.29 is 14.1 Å². The number of nitrogens with one attached hydrogen (secondary N) is 1. The minimum absolute atomic E-state index is 0.0476. The van der Waals surface area contributed by atoms with Crippen LogP contribution in [0.4, 0.5) is 4.79 Å². The number of nitrogens with zero attached hydrogens (tertiary/aromatic N) is 4. The molecule has 0 radical (unpaired) electrons. The highest BCUT2D eigenvalue weighted by Crippen LogP contribution is 2.36. The topological polar surface area (TPSA) is 91.6 Å². The number of hydrogen-bond donors (Lipinski definition) is 1. The van der Waals surface area contributed by atoms with Crippen molar-refractivity contribution in [2.45, 2.75) is 38.3 Å². The molecule has 8 nitrogen and oxygen atoms in total. The third kappa shape index (κ3) is 3.21. The number of piperidine rings is 1. The van der Waals surface area contributed by atoms with Crippen LogP contribution in [-0.4, -0.2) is 57.1 Å². The van der Waals surface area contributed by atoms with E-state index in [0.29, 0.717) is 37.5 Å². The van der Waals surface area contributed by atoms with Crippen molar-refractivity contribution in [2.24, 2.45) is 0 Å². The third-order valence-electron chi connectivity index (χ3n) is 5.39. The Balaban J connectivity index is 1.58. The standard InChI is InChI=1S/C19H23N5O3/c1-14-21-16(22-27-14)13-23-17(25)19(8-10-20-11-9-19)24(18(23)26)12-7-15-5-3-2-4-6-15/h2-6,20H,7-13H2,1H3. The van der Waals surface area contributed by atoms with Gasteiger partial charge in [0, 0.05) is 13.5 Å². The maximum Gasteiger partial charge on any atom is 0.328 e. The lowest BCUT2D eigenvalue weighted by atomic mass is 9.86. The maximum atomic E-state index is 13.3. The van der Waals surface area contributed by atoms with Crippen LogP contribution in [0.2, 0.25) is 0 Å². The molecule has 3 heterocycles. The van der Waals surface area contributed by atoms with Crippen molar-refractivity contribution in [1.29, 1.82) is 0 Å². The predicted molar refractivity (Wildman–Crippen MR) is 96.7 cm³/mol. The molecule has 1 spiro atoms. The average molecular weight is 369 g/mol. The van der Waals surface area contributed by atoms with E-state index in [1.165, 1.54) is 4.90 Å². The Labute approximate surface area is 157 Å². The summed E-state index contributed by atoms with van der Waals surface area (Å²) < 4.78 is 4.98. The molecule has 0 atom stereocenters. The quantitative estimate of drug-likeness (QED) is 0.803. The number of carbonyl (C=O) groups excluding carboxylic acids is 2. The Hall–Kier alpha value is -2.74. The summed E-state index contributed by atoms with van der Waals surface area (Å²) in [5, 5.41) is 7.12. The second kappa shape index (κ2) is 7.11. The number of aryl methyl sites for hydroxylation is 1. The third-order valence-corrected chi connectivity index (χ3v) is 5.39. The average Bonchev–Trinajstić information content (AvgIpc) is 3.18. The van der Waals surface area contributed by atoms with Crippen molar-refractivity contribution in [3.05, 3.63) is 47.6 Å². The minimum Gasteiger partial charge on any atom is -0.340 e. The fourth-order valence-corrected chi connectivity index (χ4v) is 3.99. The van der Waals surface area contributed by atoms with Gasteiger partial charge in [-0.2, -0.15) is 4.98 Å². The van der Waals surface area contributed by atoms with Gasteiger partial charge in [0.05, 0.1) is 6.54 Å². The summed E-state index contributed by atoms with van der Waals surface area (Å²) in [6.07, 6.45) is 1.95. The first-order valence-electron chi connectivity index (χ1n) is 9.27. The van der Waals surface area contributed by atoms with Crippen LogP contribution >= 0.6 is 0 Å². The highest BCUT2D eigenvalue weighted by atomic mass is 16.5. The summed E-state index contributed by atoms with van der Waals surface area (Å²) >= 11 is 0. The summed E-state index contributed by atoms with van der Waals surface area (Å²) in [7, 11) is 0. The molecule has 0 aliphatic carbocycles. The fourth-order valence-electron chi connectivity index (χ4n) is 3.99. The molecule has 2 aliphatic rings. The van der Waals surface area contributed by atoms with Crippen LogP contribution in [-0.2, 0) is 17.8 Å². The van der Waals surface area contributed by atoms with Crippen LogP contribution in [0.1, 0.15) is 30.1 Å².